The molecular weight excluding hydrogens is 583 g/mol. The van der Waals surface area contributed by atoms with Crippen molar-refractivity contribution >= 4 is 34.9 Å². The zero-order valence-corrected chi connectivity index (χ0v) is 24.1. The van der Waals surface area contributed by atoms with E-state index in [1.165, 1.54) is 42.8 Å². The van der Waals surface area contributed by atoms with Crippen molar-refractivity contribution in [3.63, 3.8) is 0 Å². The minimum Gasteiger partial charge on any atom is -0.487 e. The van der Waals surface area contributed by atoms with Crippen LogP contribution in [0.1, 0.15) is 85.1 Å². The summed E-state index contributed by atoms with van der Waals surface area (Å²) in [6, 6.07) is 8.25. The third-order valence-corrected chi connectivity index (χ3v) is 7.74. The van der Waals surface area contributed by atoms with Crippen molar-refractivity contribution < 1.29 is 41.1 Å². The smallest absolute Gasteiger partial charge is 0.402 e. The number of Topliss-reactive ketones (excluding diaryl/α,β-unsaturated/α-hetero) is 1. The second-order valence-electron chi connectivity index (χ2n) is 11.0. The number of benzene rings is 2. The highest BCUT2D eigenvalue weighted by Crippen LogP contribution is 2.37. The fourth-order valence-electron chi connectivity index (χ4n) is 4.64. The van der Waals surface area contributed by atoms with Gasteiger partial charge in [-0.3, -0.25) is 14.4 Å². The predicted molar refractivity (Wildman–Crippen MR) is 149 cm³/mol. The molecule has 0 heterocycles. The van der Waals surface area contributed by atoms with Gasteiger partial charge in [-0.25, -0.2) is 8.78 Å². The Morgan fingerprint density at radius 1 is 1.00 bits per heavy atom. The van der Waals surface area contributed by atoms with Gasteiger partial charge in [-0.05, 0) is 62.1 Å². The van der Waals surface area contributed by atoms with Crippen LogP contribution in [0.25, 0.3) is 0 Å². The van der Waals surface area contributed by atoms with E-state index in [2.05, 4.69) is 10.6 Å². The molecular formula is C30H34ClF5N2O4. The van der Waals surface area contributed by atoms with Crippen LogP contribution in [0.3, 0.4) is 0 Å². The molecule has 0 spiro atoms. The number of amides is 2. The van der Waals surface area contributed by atoms with Gasteiger partial charge in [0, 0.05) is 18.7 Å². The summed E-state index contributed by atoms with van der Waals surface area (Å²) >= 11 is 6.20. The zero-order chi connectivity index (χ0) is 31.1. The second kappa shape index (κ2) is 14.3. The van der Waals surface area contributed by atoms with Crippen molar-refractivity contribution in [1.82, 2.24) is 5.32 Å². The Labute approximate surface area is 246 Å². The molecule has 0 atom stereocenters. The molecule has 3 rings (SSSR count). The van der Waals surface area contributed by atoms with E-state index >= 15 is 0 Å². The van der Waals surface area contributed by atoms with Gasteiger partial charge in [0.2, 0.25) is 5.91 Å². The van der Waals surface area contributed by atoms with Gasteiger partial charge in [0.15, 0.2) is 5.78 Å². The summed E-state index contributed by atoms with van der Waals surface area (Å²) in [5.74, 6) is -1.80. The summed E-state index contributed by atoms with van der Waals surface area (Å²) in [4.78, 5) is 38.3. The second-order valence-corrected chi connectivity index (χ2v) is 11.4. The van der Waals surface area contributed by atoms with E-state index in [9.17, 15) is 36.3 Å². The van der Waals surface area contributed by atoms with Gasteiger partial charge in [-0.1, -0.05) is 49.8 Å². The lowest BCUT2D eigenvalue weighted by Gasteiger charge is -2.26. The predicted octanol–water partition coefficient (Wildman–Crippen LogP) is 7.98. The first-order valence-corrected chi connectivity index (χ1v) is 14.1. The lowest BCUT2D eigenvalue weighted by atomic mass is 9.85. The van der Waals surface area contributed by atoms with Crippen molar-refractivity contribution in [2.45, 2.75) is 77.9 Å². The van der Waals surface area contributed by atoms with Gasteiger partial charge in [0.25, 0.3) is 12.3 Å². The number of rotatable bonds is 12. The Hall–Kier alpha value is -3.21. The van der Waals surface area contributed by atoms with Crippen LogP contribution in [0.2, 0.25) is 5.02 Å². The highest BCUT2D eigenvalue weighted by molar-refractivity contribution is 6.34. The van der Waals surface area contributed by atoms with Crippen LogP contribution in [0.15, 0.2) is 36.4 Å². The Morgan fingerprint density at radius 2 is 1.69 bits per heavy atom. The van der Waals surface area contributed by atoms with Gasteiger partial charge < -0.3 is 15.4 Å². The molecule has 2 amide bonds. The van der Waals surface area contributed by atoms with Gasteiger partial charge in [-0.15, -0.1) is 0 Å². The number of hydrogen-bond acceptors (Lipinski definition) is 4. The monoisotopic (exact) mass is 616 g/mol. The molecule has 2 aromatic rings. The number of halogens is 6. The minimum atomic E-state index is -4.75. The van der Waals surface area contributed by atoms with Gasteiger partial charge in [0.1, 0.15) is 17.8 Å². The fourth-order valence-corrected chi connectivity index (χ4v) is 4.84. The number of carbonyl (C=O) groups is 3. The maximum absolute atomic E-state index is 13.2. The Morgan fingerprint density at radius 3 is 2.33 bits per heavy atom. The van der Waals surface area contributed by atoms with E-state index in [0.29, 0.717) is 17.9 Å². The van der Waals surface area contributed by atoms with E-state index in [1.807, 2.05) is 0 Å². The molecule has 12 heteroatoms. The summed E-state index contributed by atoms with van der Waals surface area (Å²) in [5, 5.41) is 4.88. The summed E-state index contributed by atoms with van der Waals surface area (Å²) in [6.45, 7) is 0.350. The van der Waals surface area contributed by atoms with Gasteiger partial charge in [0.05, 0.1) is 16.1 Å². The molecule has 1 aliphatic rings. The lowest BCUT2D eigenvalue weighted by molar-refractivity contribution is -0.211. The van der Waals surface area contributed by atoms with Crippen molar-refractivity contribution in [3.05, 3.63) is 58.1 Å². The summed E-state index contributed by atoms with van der Waals surface area (Å²) in [6.07, 6.45) is -1.12. The molecule has 42 heavy (non-hydrogen) atoms. The topological polar surface area (TPSA) is 84.5 Å². The first-order valence-electron chi connectivity index (χ1n) is 13.7. The molecule has 1 fully saturated rings. The van der Waals surface area contributed by atoms with Crippen LogP contribution in [0.4, 0.5) is 27.6 Å². The molecule has 1 aliphatic carbocycles. The number of anilines is 1. The number of nitrogens with one attached hydrogen (secondary N) is 2. The highest BCUT2D eigenvalue weighted by atomic mass is 35.5. The van der Waals surface area contributed by atoms with Gasteiger partial charge >= 0.3 is 6.18 Å². The average molecular weight is 617 g/mol. The molecule has 6 nitrogen and oxygen atoms in total. The maximum atomic E-state index is 13.2. The summed E-state index contributed by atoms with van der Waals surface area (Å²) in [7, 11) is 0. The largest absolute Gasteiger partial charge is 0.487 e. The van der Waals surface area contributed by atoms with Gasteiger partial charge in [-0.2, -0.15) is 13.2 Å². The van der Waals surface area contributed by atoms with Crippen molar-refractivity contribution in [1.29, 1.82) is 0 Å². The van der Waals surface area contributed by atoms with E-state index in [1.54, 1.807) is 0 Å². The number of hydrogen-bond donors (Lipinski definition) is 2. The molecule has 0 saturated heterocycles. The molecule has 0 radical (unpaired) electrons. The quantitative estimate of drug-likeness (QED) is 0.187. The van der Waals surface area contributed by atoms with E-state index < -0.39 is 36.4 Å². The third kappa shape index (κ3) is 8.89. The molecule has 1 saturated carbocycles. The van der Waals surface area contributed by atoms with Crippen molar-refractivity contribution in [3.8, 4) is 5.75 Å². The average Bonchev–Trinajstić information content (AvgIpc) is 2.94. The normalized spacial score (nSPS) is 14.5. The van der Waals surface area contributed by atoms with Crippen LogP contribution in [-0.2, 0) is 11.3 Å². The van der Waals surface area contributed by atoms with E-state index in [4.69, 9.17) is 16.3 Å². The molecule has 2 aromatic carbocycles. The number of alkyl halides is 5. The Balaban J connectivity index is 1.75. The highest BCUT2D eigenvalue weighted by Gasteiger charge is 2.52. The first-order chi connectivity index (χ1) is 19.7. The van der Waals surface area contributed by atoms with Crippen LogP contribution >= 0.6 is 11.6 Å². The lowest BCUT2D eigenvalue weighted by Crippen LogP contribution is -2.46. The van der Waals surface area contributed by atoms with Crippen LogP contribution in [-0.4, -0.2) is 36.8 Å². The summed E-state index contributed by atoms with van der Waals surface area (Å²) < 4.78 is 70.3. The molecule has 0 aliphatic heterocycles. The summed E-state index contributed by atoms with van der Waals surface area (Å²) in [5.41, 5.74) is -2.06. The number of ketones is 1. The van der Waals surface area contributed by atoms with Crippen molar-refractivity contribution in [2.75, 3.05) is 11.9 Å². The van der Waals surface area contributed by atoms with Crippen LogP contribution in [0, 0.1) is 11.3 Å². The van der Waals surface area contributed by atoms with Crippen LogP contribution in [0.5, 0.6) is 5.75 Å². The standard InChI is InChI=1S/C30H34ClF5N2O4/c1-29(2,30(34,35)36)28(41)37-16-19-8-11-23(31)21(14-19)27(40)38-20-10-13-25(42-17-26(32)33)22(15-20)24(39)12-9-18-6-4-3-5-7-18/h8,10-11,13-15,18,26H,3-7,9,12,16-17H2,1-2H3,(H,37,41)(H,38,40). The fraction of sp³-hybridized carbons (Fsp3) is 0.500. The Bertz CT molecular complexity index is 1280. The Kier molecular flexibility index (Phi) is 11.3. The minimum absolute atomic E-state index is 0.0144. The molecule has 2 N–H and O–H groups in total. The van der Waals surface area contributed by atoms with E-state index in [0.717, 1.165) is 39.5 Å². The first kappa shape index (κ1) is 33.3. The number of carbonyl (C=O) groups excluding carboxylic acids is 3. The molecule has 0 unspecified atom stereocenters. The zero-order valence-electron chi connectivity index (χ0n) is 23.4. The third-order valence-electron chi connectivity index (χ3n) is 7.41. The maximum Gasteiger partial charge on any atom is 0.402 e. The van der Waals surface area contributed by atoms with Crippen molar-refractivity contribution in [2.24, 2.45) is 11.3 Å². The molecule has 230 valence electrons. The van der Waals surface area contributed by atoms with E-state index in [-0.39, 0.29) is 46.3 Å². The number of ether oxygens (including phenoxy) is 1. The molecule has 0 aromatic heterocycles. The SMILES string of the molecule is CC(C)(C(=O)NCc1ccc(Cl)c(C(=O)Nc2ccc(OCC(F)F)c(C(=O)CCC3CCCCC3)c2)c1)C(F)(F)F. The van der Waals surface area contributed by atoms with Crippen LogP contribution < -0.4 is 15.4 Å². The molecule has 0 bridgehead atoms.